The van der Waals surface area contributed by atoms with Gasteiger partial charge in [0.15, 0.2) is 0 Å². The Morgan fingerprint density at radius 3 is 2.59 bits per heavy atom. The van der Waals surface area contributed by atoms with Crippen molar-refractivity contribution in [3.63, 3.8) is 0 Å². The Kier molecular flexibility index (Phi) is 4.57. The third kappa shape index (κ3) is 3.36. The molecular weight excluding hydrogens is 284 g/mol. The summed E-state index contributed by atoms with van der Waals surface area (Å²) in [5.74, 6) is -0.454. The number of hydrogen-bond donors (Lipinski definition) is 3. The van der Waals surface area contributed by atoms with Gasteiger partial charge in [-0.05, 0) is 56.8 Å². The first-order valence-corrected chi connectivity index (χ1v) is 8.38. The highest BCUT2D eigenvalue weighted by Gasteiger charge is 2.53. The van der Waals surface area contributed by atoms with Gasteiger partial charge in [-0.25, -0.2) is 0 Å². The van der Waals surface area contributed by atoms with Crippen molar-refractivity contribution in [1.29, 1.82) is 0 Å². The van der Waals surface area contributed by atoms with Gasteiger partial charge in [0, 0.05) is 0 Å². The standard InChI is InChI=1S/C17H26O5/c1-9-2-4-11(18)5-3-10-6-12(19)7-13(10)16(20)14-8-15(14)17(21)22-9/h3,5,9-16,18-20H,2,4,6-8H2,1H3/b5-3+/t9?,10?,11-,12+,13?,14?,15?,16+/m1/s1. The van der Waals surface area contributed by atoms with Gasteiger partial charge in [-0.1, -0.05) is 12.2 Å². The van der Waals surface area contributed by atoms with Crippen LogP contribution in [-0.4, -0.2) is 45.7 Å². The quantitative estimate of drug-likeness (QED) is 0.459. The number of ether oxygens (including phenoxy) is 1. The van der Waals surface area contributed by atoms with Crippen molar-refractivity contribution in [2.45, 2.75) is 63.4 Å². The number of hydrogen-bond acceptors (Lipinski definition) is 5. The maximum absolute atomic E-state index is 12.1. The first kappa shape index (κ1) is 16.0. The van der Waals surface area contributed by atoms with E-state index in [2.05, 4.69) is 0 Å². The zero-order valence-corrected chi connectivity index (χ0v) is 13.0. The lowest BCUT2D eigenvalue weighted by Crippen LogP contribution is -2.27. The number of cyclic esters (lactones) is 1. The van der Waals surface area contributed by atoms with Gasteiger partial charge in [-0.15, -0.1) is 0 Å². The molecule has 0 aromatic rings. The van der Waals surface area contributed by atoms with Crippen LogP contribution in [0.1, 0.15) is 39.0 Å². The van der Waals surface area contributed by atoms with Gasteiger partial charge in [-0.2, -0.15) is 0 Å². The Morgan fingerprint density at radius 2 is 1.82 bits per heavy atom. The molecule has 0 aromatic heterocycles. The zero-order chi connectivity index (χ0) is 15.9. The fourth-order valence-corrected chi connectivity index (χ4v) is 3.99. The van der Waals surface area contributed by atoms with Crippen LogP contribution in [0.3, 0.4) is 0 Å². The minimum Gasteiger partial charge on any atom is -0.462 e. The van der Waals surface area contributed by atoms with Crippen molar-refractivity contribution in [1.82, 2.24) is 0 Å². The van der Waals surface area contributed by atoms with Crippen molar-refractivity contribution in [3.8, 4) is 0 Å². The van der Waals surface area contributed by atoms with Crippen LogP contribution in [0.5, 0.6) is 0 Å². The summed E-state index contributed by atoms with van der Waals surface area (Å²) in [5, 5.41) is 30.5. The molecule has 5 nitrogen and oxygen atoms in total. The van der Waals surface area contributed by atoms with E-state index < -0.39 is 18.3 Å². The zero-order valence-electron chi connectivity index (χ0n) is 13.0. The van der Waals surface area contributed by atoms with Gasteiger partial charge in [0.2, 0.25) is 0 Å². The lowest BCUT2D eigenvalue weighted by Gasteiger charge is -2.23. The van der Waals surface area contributed by atoms with Crippen LogP contribution in [-0.2, 0) is 9.53 Å². The second-order valence-corrected chi connectivity index (χ2v) is 7.23. The van der Waals surface area contributed by atoms with Crippen molar-refractivity contribution in [2.24, 2.45) is 23.7 Å². The highest BCUT2D eigenvalue weighted by atomic mass is 16.5. The Hall–Kier alpha value is -0.910. The van der Waals surface area contributed by atoms with E-state index in [0.717, 1.165) is 0 Å². The fourth-order valence-electron chi connectivity index (χ4n) is 3.99. The molecule has 1 heterocycles. The lowest BCUT2D eigenvalue weighted by molar-refractivity contribution is -0.151. The molecule has 0 radical (unpaired) electrons. The molecule has 0 spiro atoms. The number of aliphatic hydroxyl groups is 3. The molecule has 2 aliphatic carbocycles. The van der Waals surface area contributed by atoms with E-state index in [1.54, 1.807) is 6.08 Å². The summed E-state index contributed by atoms with van der Waals surface area (Å²) in [6.45, 7) is 1.84. The third-order valence-electron chi connectivity index (χ3n) is 5.43. The minimum atomic E-state index is -0.586. The number of carbonyl (C=O) groups is 1. The van der Waals surface area contributed by atoms with E-state index in [0.29, 0.717) is 32.1 Å². The molecule has 2 fully saturated rings. The van der Waals surface area contributed by atoms with Crippen LogP contribution in [0.25, 0.3) is 0 Å². The van der Waals surface area contributed by atoms with Gasteiger partial charge in [-0.3, -0.25) is 4.79 Å². The SMILES string of the molecule is CC1CC[C@@H](O)/C=C/C2C[C@H](O)CC2[C@H](O)C2CC2C(=O)O1. The van der Waals surface area contributed by atoms with E-state index in [1.165, 1.54) is 0 Å². The van der Waals surface area contributed by atoms with Gasteiger partial charge in [0.1, 0.15) is 0 Å². The molecular formula is C17H26O5. The highest BCUT2D eigenvalue weighted by Crippen LogP contribution is 2.49. The van der Waals surface area contributed by atoms with E-state index in [-0.39, 0.29) is 35.7 Å². The Balaban J connectivity index is 1.78. The maximum atomic E-state index is 12.1. The number of fused-ring (bicyclic) bond motifs is 2. The molecule has 22 heavy (non-hydrogen) atoms. The second-order valence-electron chi connectivity index (χ2n) is 7.23. The summed E-state index contributed by atoms with van der Waals surface area (Å²) in [4.78, 5) is 12.1. The molecule has 0 saturated heterocycles. The lowest BCUT2D eigenvalue weighted by atomic mass is 9.87. The second kappa shape index (κ2) is 6.30. The largest absolute Gasteiger partial charge is 0.462 e. The molecule has 3 aliphatic rings. The summed E-state index contributed by atoms with van der Waals surface area (Å²) in [7, 11) is 0. The first-order chi connectivity index (χ1) is 10.5. The predicted octanol–water partition coefficient (Wildman–Crippen LogP) is 1.01. The molecule has 5 heteroatoms. The maximum Gasteiger partial charge on any atom is 0.309 e. The molecule has 3 rings (SSSR count). The van der Waals surface area contributed by atoms with Crippen LogP contribution < -0.4 is 0 Å². The summed E-state index contributed by atoms with van der Waals surface area (Å²) < 4.78 is 5.41. The normalized spacial score (nSPS) is 50.6. The molecule has 3 N–H and O–H groups in total. The topological polar surface area (TPSA) is 87.0 Å². The molecule has 5 unspecified atom stereocenters. The molecule has 0 bridgehead atoms. The predicted molar refractivity (Wildman–Crippen MR) is 79.8 cm³/mol. The average Bonchev–Trinajstić information content (AvgIpc) is 3.18. The van der Waals surface area contributed by atoms with Crippen molar-refractivity contribution in [2.75, 3.05) is 0 Å². The van der Waals surface area contributed by atoms with E-state index in [1.807, 2.05) is 13.0 Å². The smallest absolute Gasteiger partial charge is 0.309 e. The summed E-state index contributed by atoms with van der Waals surface area (Å²) in [6.07, 6.45) is 4.93. The van der Waals surface area contributed by atoms with Crippen LogP contribution in [0, 0.1) is 23.7 Å². The molecule has 124 valence electrons. The number of aliphatic hydroxyl groups excluding tert-OH is 3. The van der Waals surface area contributed by atoms with Crippen molar-refractivity contribution >= 4 is 5.97 Å². The number of carbonyl (C=O) groups excluding carboxylic acids is 1. The Labute approximate surface area is 131 Å². The summed E-state index contributed by atoms with van der Waals surface area (Å²) in [5.41, 5.74) is 0. The van der Waals surface area contributed by atoms with E-state index in [4.69, 9.17) is 4.74 Å². The molecule has 1 aliphatic heterocycles. The van der Waals surface area contributed by atoms with Crippen molar-refractivity contribution < 1.29 is 24.9 Å². The summed E-state index contributed by atoms with van der Waals surface area (Å²) in [6, 6.07) is 0. The van der Waals surface area contributed by atoms with Gasteiger partial charge in [0.05, 0.1) is 30.3 Å². The Bertz CT molecular complexity index is 448. The third-order valence-corrected chi connectivity index (χ3v) is 5.43. The van der Waals surface area contributed by atoms with Gasteiger partial charge >= 0.3 is 5.97 Å². The van der Waals surface area contributed by atoms with Crippen LogP contribution >= 0.6 is 0 Å². The average molecular weight is 310 g/mol. The van der Waals surface area contributed by atoms with Crippen molar-refractivity contribution in [3.05, 3.63) is 12.2 Å². The van der Waals surface area contributed by atoms with Crippen LogP contribution in [0.2, 0.25) is 0 Å². The molecule has 8 atom stereocenters. The van der Waals surface area contributed by atoms with Crippen LogP contribution in [0.15, 0.2) is 12.2 Å². The van der Waals surface area contributed by atoms with Gasteiger partial charge in [0.25, 0.3) is 0 Å². The number of esters is 1. The number of rotatable bonds is 0. The highest BCUT2D eigenvalue weighted by molar-refractivity contribution is 5.76. The fraction of sp³-hybridized carbons (Fsp3) is 0.824. The summed E-state index contributed by atoms with van der Waals surface area (Å²) >= 11 is 0. The molecule has 0 aromatic carbocycles. The molecule has 2 saturated carbocycles. The van der Waals surface area contributed by atoms with Gasteiger partial charge < -0.3 is 20.1 Å². The monoisotopic (exact) mass is 310 g/mol. The minimum absolute atomic E-state index is 0.0422. The number of allylic oxidation sites excluding steroid dienone is 1. The Morgan fingerprint density at radius 1 is 1.05 bits per heavy atom. The van der Waals surface area contributed by atoms with Crippen LogP contribution in [0.4, 0.5) is 0 Å². The van der Waals surface area contributed by atoms with E-state index in [9.17, 15) is 20.1 Å². The van der Waals surface area contributed by atoms with E-state index >= 15 is 0 Å². The molecule has 0 amide bonds. The first-order valence-electron chi connectivity index (χ1n) is 8.38.